The van der Waals surface area contributed by atoms with Gasteiger partial charge in [-0.25, -0.2) is 0 Å². The van der Waals surface area contributed by atoms with Crippen molar-refractivity contribution in [3.05, 3.63) is 29.8 Å². The van der Waals surface area contributed by atoms with E-state index in [0.717, 1.165) is 36.8 Å². The van der Waals surface area contributed by atoms with Crippen LogP contribution in [-0.2, 0) is 11.3 Å². The van der Waals surface area contributed by atoms with Gasteiger partial charge in [0.05, 0.1) is 6.61 Å². The monoisotopic (exact) mass is 347 g/mol. The number of para-hydroxylation sites is 1. The van der Waals surface area contributed by atoms with Crippen LogP contribution < -0.4 is 15.4 Å². The van der Waals surface area contributed by atoms with Gasteiger partial charge in [-0.05, 0) is 37.7 Å². The SMILES string of the molecule is CCOc1ccccc1CNC(=NC)NCC1(CCOC)CCCC1. The third-order valence-electron chi connectivity index (χ3n) is 5.07. The topological polar surface area (TPSA) is 54.9 Å². The summed E-state index contributed by atoms with van der Waals surface area (Å²) in [6.45, 7) is 5.15. The fourth-order valence-electron chi connectivity index (χ4n) is 3.58. The maximum absolute atomic E-state index is 5.69. The lowest BCUT2D eigenvalue weighted by Gasteiger charge is -2.30. The van der Waals surface area contributed by atoms with Gasteiger partial charge in [0.1, 0.15) is 5.75 Å². The molecule has 0 heterocycles. The zero-order valence-electron chi connectivity index (χ0n) is 15.9. The van der Waals surface area contributed by atoms with Gasteiger partial charge in [-0.15, -0.1) is 0 Å². The first kappa shape index (κ1) is 19.6. The lowest BCUT2D eigenvalue weighted by Crippen LogP contribution is -2.43. The molecule has 1 aromatic carbocycles. The Morgan fingerprint density at radius 1 is 1.20 bits per heavy atom. The Kier molecular flexibility index (Phi) is 8.06. The Labute approximate surface area is 152 Å². The summed E-state index contributed by atoms with van der Waals surface area (Å²) < 4.78 is 11.0. The minimum atomic E-state index is 0.344. The zero-order valence-corrected chi connectivity index (χ0v) is 15.9. The second-order valence-corrected chi connectivity index (χ2v) is 6.77. The van der Waals surface area contributed by atoms with E-state index < -0.39 is 0 Å². The molecule has 2 N–H and O–H groups in total. The average molecular weight is 348 g/mol. The second kappa shape index (κ2) is 10.3. The van der Waals surface area contributed by atoms with Crippen molar-refractivity contribution in [3.8, 4) is 5.75 Å². The lowest BCUT2D eigenvalue weighted by molar-refractivity contribution is 0.138. The molecule has 1 aliphatic carbocycles. The Hall–Kier alpha value is -1.75. The molecule has 1 aliphatic rings. The number of ether oxygens (including phenoxy) is 2. The summed E-state index contributed by atoms with van der Waals surface area (Å²) in [6.07, 6.45) is 6.29. The van der Waals surface area contributed by atoms with Gasteiger partial charge in [0.15, 0.2) is 5.96 Å². The summed E-state index contributed by atoms with van der Waals surface area (Å²) in [5.41, 5.74) is 1.49. The van der Waals surface area contributed by atoms with Crippen LogP contribution in [0, 0.1) is 5.41 Å². The lowest BCUT2D eigenvalue weighted by atomic mass is 9.83. The van der Waals surface area contributed by atoms with Crippen LogP contribution in [0.2, 0.25) is 0 Å². The normalized spacial score (nSPS) is 16.7. The molecule has 5 heteroatoms. The minimum Gasteiger partial charge on any atom is -0.494 e. The number of hydrogen-bond acceptors (Lipinski definition) is 3. The van der Waals surface area contributed by atoms with Crippen LogP contribution in [0.15, 0.2) is 29.3 Å². The van der Waals surface area contributed by atoms with Crippen LogP contribution in [0.5, 0.6) is 5.75 Å². The molecule has 0 spiro atoms. The van der Waals surface area contributed by atoms with Crippen molar-refractivity contribution in [2.75, 3.05) is 33.9 Å². The fourth-order valence-corrected chi connectivity index (χ4v) is 3.58. The Bertz CT molecular complexity index is 539. The van der Waals surface area contributed by atoms with Crippen LogP contribution in [-0.4, -0.2) is 39.9 Å². The van der Waals surface area contributed by atoms with Crippen LogP contribution in [0.25, 0.3) is 0 Å². The molecule has 25 heavy (non-hydrogen) atoms. The molecule has 1 fully saturated rings. The number of hydrogen-bond donors (Lipinski definition) is 2. The minimum absolute atomic E-state index is 0.344. The number of nitrogens with zero attached hydrogens (tertiary/aromatic N) is 1. The summed E-state index contributed by atoms with van der Waals surface area (Å²) in [6, 6.07) is 8.13. The van der Waals surface area contributed by atoms with E-state index in [1.54, 1.807) is 7.11 Å². The third-order valence-corrected chi connectivity index (χ3v) is 5.07. The molecule has 5 nitrogen and oxygen atoms in total. The number of methoxy groups -OCH3 is 1. The molecule has 0 radical (unpaired) electrons. The van der Waals surface area contributed by atoms with Crippen LogP contribution >= 0.6 is 0 Å². The van der Waals surface area contributed by atoms with Gasteiger partial charge < -0.3 is 20.1 Å². The van der Waals surface area contributed by atoms with Crippen LogP contribution in [0.3, 0.4) is 0 Å². The van der Waals surface area contributed by atoms with Gasteiger partial charge >= 0.3 is 0 Å². The highest BCUT2D eigenvalue weighted by Crippen LogP contribution is 2.40. The predicted molar refractivity (Wildman–Crippen MR) is 103 cm³/mol. The summed E-state index contributed by atoms with van der Waals surface area (Å²) in [5, 5.41) is 6.93. The van der Waals surface area contributed by atoms with Crippen molar-refractivity contribution in [3.63, 3.8) is 0 Å². The van der Waals surface area contributed by atoms with Gasteiger partial charge in [-0.2, -0.15) is 0 Å². The molecule has 140 valence electrons. The van der Waals surface area contributed by atoms with Gasteiger partial charge in [0.25, 0.3) is 0 Å². The highest BCUT2D eigenvalue weighted by Gasteiger charge is 2.33. The predicted octanol–water partition coefficient (Wildman–Crippen LogP) is 3.35. The molecule has 0 aromatic heterocycles. The Balaban J connectivity index is 1.88. The number of rotatable bonds is 9. The van der Waals surface area contributed by atoms with E-state index in [1.165, 1.54) is 25.7 Å². The quantitative estimate of drug-likeness (QED) is 0.531. The molecule has 1 saturated carbocycles. The maximum atomic E-state index is 5.69. The highest BCUT2D eigenvalue weighted by atomic mass is 16.5. The number of nitrogens with one attached hydrogen (secondary N) is 2. The van der Waals surface area contributed by atoms with Gasteiger partial charge in [-0.1, -0.05) is 31.0 Å². The van der Waals surface area contributed by atoms with Gasteiger partial charge in [0.2, 0.25) is 0 Å². The number of guanidine groups is 1. The first-order valence-electron chi connectivity index (χ1n) is 9.37. The van der Waals surface area contributed by atoms with Gasteiger partial charge in [0, 0.05) is 39.4 Å². The fraction of sp³-hybridized carbons (Fsp3) is 0.650. The van der Waals surface area contributed by atoms with Crippen molar-refractivity contribution in [2.24, 2.45) is 10.4 Å². The van der Waals surface area contributed by atoms with E-state index in [9.17, 15) is 0 Å². The molecule has 0 bridgehead atoms. The summed E-state index contributed by atoms with van der Waals surface area (Å²) >= 11 is 0. The average Bonchev–Trinajstić information content (AvgIpc) is 3.11. The van der Waals surface area contributed by atoms with Crippen LogP contribution in [0.4, 0.5) is 0 Å². The van der Waals surface area contributed by atoms with Crippen molar-refractivity contribution >= 4 is 5.96 Å². The number of aliphatic imine (C=N–C) groups is 1. The van der Waals surface area contributed by atoms with E-state index >= 15 is 0 Å². The summed E-state index contributed by atoms with van der Waals surface area (Å²) in [7, 11) is 3.60. The third kappa shape index (κ3) is 5.92. The van der Waals surface area contributed by atoms with Gasteiger partial charge in [-0.3, -0.25) is 4.99 Å². The first-order valence-corrected chi connectivity index (χ1v) is 9.37. The summed E-state index contributed by atoms with van der Waals surface area (Å²) in [4.78, 5) is 4.37. The van der Waals surface area contributed by atoms with E-state index in [0.29, 0.717) is 18.6 Å². The molecule has 0 aliphatic heterocycles. The standard InChI is InChI=1S/C20H33N3O2/c1-4-25-18-10-6-5-9-17(18)15-22-19(21-2)23-16-20(13-14-24-3)11-7-8-12-20/h5-6,9-10H,4,7-8,11-16H2,1-3H3,(H2,21,22,23). The van der Waals surface area contributed by atoms with E-state index in [4.69, 9.17) is 9.47 Å². The molecule has 2 rings (SSSR count). The van der Waals surface area contributed by atoms with Crippen molar-refractivity contribution in [2.45, 2.75) is 45.6 Å². The van der Waals surface area contributed by atoms with E-state index in [-0.39, 0.29) is 0 Å². The maximum Gasteiger partial charge on any atom is 0.191 e. The van der Waals surface area contributed by atoms with Crippen LogP contribution in [0.1, 0.15) is 44.6 Å². The Morgan fingerprint density at radius 2 is 1.96 bits per heavy atom. The molecular weight excluding hydrogens is 314 g/mol. The van der Waals surface area contributed by atoms with Crippen molar-refractivity contribution in [1.29, 1.82) is 0 Å². The largest absolute Gasteiger partial charge is 0.494 e. The molecular formula is C20H33N3O2. The highest BCUT2D eigenvalue weighted by molar-refractivity contribution is 5.79. The smallest absolute Gasteiger partial charge is 0.191 e. The molecule has 0 atom stereocenters. The zero-order chi connectivity index (χ0) is 18.0. The second-order valence-electron chi connectivity index (χ2n) is 6.77. The van der Waals surface area contributed by atoms with Crippen molar-refractivity contribution < 1.29 is 9.47 Å². The molecule has 0 saturated heterocycles. The summed E-state index contributed by atoms with van der Waals surface area (Å²) in [5.74, 6) is 1.77. The molecule has 0 unspecified atom stereocenters. The first-order chi connectivity index (χ1) is 12.2. The van der Waals surface area contributed by atoms with Crippen molar-refractivity contribution in [1.82, 2.24) is 10.6 Å². The Morgan fingerprint density at radius 3 is 2.64 bits per heavy atom. The molecule has 0 amide bonds. The molecule has 1 aromatic rings. The van der Waals surface area contributed by atoms with E-state index in [1.807, 2.05) is 32.2 Å². The number of benzene rings is 1. The van der Waals surface area contributed by atoms with E-state index in [2.05, 4.69) is 21.7 Å².